The summed E-state index contributed by atoms with van der Waals surface area (Å²) in [4.78, 5) is 25.2. The predicted molar refractivity (Wildman–Crippen MR) is 233 cm³/mol. The number of esters is 2. The Morgan fingerprint density at radius 2 is 0.741 bits per heavy atom. The molecule has 0 rings (SSSR count). The summed E-state index contributed by atoms with van der Waals surface area (Å²) in [5, 5.41) is 0. The molecule has 5 heteroatoms. The Kier molecular flexibility index (Phi) is 44.4. The van der Waals surface area contributed by atoms with E-state index in [-0.39, 0.29) is 25.2 Å². The molecule has 0 saturated heterocycles. The molecule has 0 radical (unpaired) electrons. The normalized spacial score (nSPS) is 12.3. The van der Waals surface area contributed by atoms with Crippen molar-refractivity contribution in [3.05, 3.63) is 24.3 Å². The molecule has 0 saturated carbocycles. The number of unbranched alkanes of at least 4 members (excludes halogenated alkanes) is 29. The molecule has 0 spiro atoms. The summed E-state index contributed by atoms with van der Waals surface area (Å²) in [6, 6.07) is 0. The molecule has 0 aliphatic rings. The van der Waals surface area contributed by atoms with Crippen LogP contribution in [0, 0.1) is 0 Å². The molecule has 0 fully saturated rings. The van der Waals surface area contributed by atoms with Gasteiger partial charge in [-0.05, 0) is 64.2 Å². The van der Waals surface area contributed by atoms with Crippen LogP contribution in [0.25, 0.3) is 0 Å². The molecule has 0 N–H and O–H groups in total. The van der Waals surface area contributed by atoms with E-state index in [0.29, 0.717) is 19.4 Å². The van der Waals surface area contributed by atoms with Gasteiger partial charge in [0.15, 0.2) is 6.10 Å². The minimum absolute atomic E-state index is 0.0849. The molecular formula is C49H92O5. The van der Waals surface area contributed by atoms with Gasteiger partial charge in [-0.2, -0.15) is 0 Å². The number of ether oxygens (including phenoxy) is 3. The van der Waals surface area contributed by atoms with Crippen LogP contribution in [-0.4, -0.2) is 37.9 Å². The monoisotopic (exact) mass is 761 g/mol. The highest BCUT2D eigenvalue weighted by atomic mass is 16.6. The molecule has 1 atom stereocenters. The lowest BCUT2D eigenvalue weighted by atomic mass is 10.1. The van der Waals surface area contributed by atoms with Crippen LogP contribution >= 0.6 is 0 Å². The number of carbonyl (C=O) groups excluding carboxylic acids is 2. The maximum Gasteiger partial charge on any atom is 0.306 e. The van der Waals surface area contributed by atoms with Gasteiger partial charge in [-0.15, -0.1) is 0 Å². The number of rotatable bonds is 44. The first kappa shape index (κ1) is 52.4. The van der Waals surface area contributed by atoms with Crippen LogP contribution in [0.5, 0.6) is 0 Å². The van der Waals surface area contributed by atoms with Crippen molar-refractivity contribution >= 4 is 11.9 Å². The quantitative estimate of drug-likeness (QED) is 0.0352. The Bertz CT molecular complexity index is 821. The molecule has 0 amide bonds. The third-order valence-electron chi connectivity index (χ3n) is 10.5. The molecule has 318 valence electrons. The fraction of sp³-hybridized carbons (Fsp3) is 0.878. The van der Waals surface area contributed by atoms with E-state index in [1.165, 1.54) is 167 Å². The molecule has 0 aromatic heterocycles. The SMILES string of the molecule is CCCC/C=C\CCCCCCCC(=O)OCC(COCCCCCCCCCC/C=C\CCCCCCCC)OC(=O)CCCCCCCCCCC. The molecule has 0 heterocycles. The zero-order chi connectivity index (χ0) is 39.3. The van der Waals surface area contributed by atoms with Gasteiger partial charge < -0.3 is 14.2 Å². The molecule has 0 aromatic rings. The number of carbonyl (C=O) groups is 2. The summed E-state index contributed by atoms with van der Waals surface area (Å²) in [6.45, 7) is 7.79. The minimum atomic E-state index is -0.532. The largest absolute Gasteiger partial charge is 0.462 e. The molecule has 5 nitrogen and oxygen atoms in total. The number of allylic oxidation sites excluding steroid dienone is 4. The predicted octanol–water partition coefficient (Wildman–Crippen LogP) is 15.7. The van der Waals surface area contributed by atoms with Gasteiger partial charge in [0.05, 0.1) is 6.61 Å². The van der Waals surface area contributed by atoms with Gasteiger partial charge in [0.25, 0.3) is 0 Å². The van der Waals surface area contributed by atoms with Crippen molar-refractivity contribution in [2.75, 3.05) is 19.8 Å². The first-order valence-electron chi connectivity index (χ1n) is 23.9. The molecule has 0 bridgehead atoms. The molecule has 0 aliphatic heterocycles. The third-order valence-corrected chi connectivity index (χ3v) is 10.5. The van der Waals surface area contributed by atoms with E-state index < -0.39 is 6.10 Å². The number of hydrogen-bond acceptors (Lipinski definition) is 5. The van der Waals surface area contributed by atoms with Crippen molar-refractivity contribution in [1.82, 2.24) is 0 Å². The van der Waals surface area contributed by atoms with E-state index >= 15 is 0 Å². The Labute approximate surface area is 337 Å². The van der Waals surface area contributed by atoms with Gasteiger partial charge in [0, 0.05) is 19.4 Å². The van der Waals surface area contributed by atoms with Crippen LogP contribution in [0.2, 0.25) is 0 Å². The highest BCUT2D eigenvalue weighted by Gasteiger charge is 2.17. The lowest BCUT2D eigenvalue weighted by Gasteiger charge is -2.18. The molecular weight excluding hydrogens is 669 g/mol. The molecule has 0 aromatic carbocycles. The molecule has 0 aliphatic carbocycles. The van der Waals surface area contributed by atoms with Gasteiger partial charge in [0.1, 0.15) is 6.61 Å². The van der Waals surface area contributed by atoms with Crippen LogP contribution in [-0.2, 0) is 23.8 Å². The van der Waals surface area contributed by atoms with Crippen LogP contribution in [0.1, 0.15) is 252 Å². The molecule has 54 heavy (non-hydrogen) atoms. The zero-order valence-corrected chi connectivity index (χ0v) is 36.5. The highest BCUT2D eigenvalue weighted by molar-refractivity contribution is 5.70. The first-order chi connectivity index (χ1) is 26.6. The summed E-state index contributed by atoms with van der Waals surface area (Å²) >= 11 is 0. The van der Waals surface area contributed by atoms with Crippen LogP contribution in [0.3, 0.4) is 0 Å². The summed E-state index contributed by atoms with van der Waals surface area (Å²) < 4.78 is 17.3. The van der Waals surface area contributed by atoms with Crippen LogP contribution in [0.4, 0.5) is 0 Å². The van der Waals surface area contributed by atoms with E-state index in [4.69, 9.17) is 14.2 Å². The topological polar surface area (TPSA) is 61.8 Å². The minimum Gasteiger partial charge on any atom is -0.462 e. The Hall–Kier alpha value is -1.62. The van der Waals surface area contributed by atoms with Crippen molar-refractivity contribution in [1.29, 1.82) is 0 Å². The fourth-order valence-corrected chi connectivity index (χ4v) is 6.84. The Balaban J connectivity index is 4.15. The average molecular weight is 761 g/mol. The van der Waals surface area contributed by atoms with Crippen molar-refractivity contribution in [2.24, 2.45) is 0 Å². The highest BCUT2D eigenvalue weighted by Crippen LogP contribution is 2.14. The van der Waals surface area contributed by atoms with Gasteiger partial charge >= 0.3 is 11.9 Å². The lowest BCUT2D eigenvalue weighted by Crippen LogP contribution is -2.30. The lowest BCUT2D eigenvalue weighted by molar-refractivity contribution is -0.163. The summed E-state index contributed by atoms with van der Waals surface area (Å²) in [6.07, 6.45) is 51.8. The van der Waals surface area contributed by atoms with Gasteiger partial charge in [-0.1, -0.05) is 199 Å². The van der Waals surface area contributed by atoms with Crippen LogP contribution < -0.4 is 0 Å². The van der Waals surface area contributed by atoms with E-state index in [1.807, 2.05) is 0 Å². The second-order valence-corrected chi connectivity index (χ2v) is 16.0. The first-order valence-corrected chi connectivity index (χ1v) is 23.9. The van der Waals surface area contributed by atoms with Crippen LogP contribution in [0.15, 0.2) is 24.3 Å². The van der Waals surface area contributed by atoms with E-state index in [9.17, 15) is 9.59 Å². The summed E-state index contributed by atoms with van der Waals surface area (Å²) in [5.74, 6) is -0.402. The maximum atomic E-state index is 12.7. The van der Waals surface area contributed by atoms with E-state index in [0.717, 1.165) is 51.4 Å². The van der Waals surface area contributed by atoms with Crippen molar-refractivity contribution in [3.8, 4) is 0 Å². The van der Waals surface area contributed by atoms with E-state index in [2.05, 4.69) is 45.1 Å². The number of hydrogen-bond donors (Lipinski definition) is 0. The zero-order valence-electron chi connectivity index (χ0n) is 36.5. The van der Waals surface area contributed by atoms with Crippen molar-refractivity contribution < 1.29 is 23.8 Å². The maximum absolute atomic E-state index is 12.7. The molecule has 1 unspecified atom stereocenters. The second-order valence-electron chi connectivity index (χ2n) is 16.0. The van der Waals surface area contributed by atoms with Gasteiger partial charge in [0.2, 0.25) is 0 Å². The van der Waals surface area contributed by atoms with Crippen molar-refractivity contribution in [2.45, 2.75) is 258 Å². The van der Waals surface area contributed by atoms with E-state index in [1.54, 1.807) is 0 Å². The van der Waals surface area contributed by atoms with Gasteiger partial charge in [-0.25, -0.2) is 0 Å². The summed E-state index contributed by atoms with van der Waals surface area (Å²) in [5.41, 5.74) is 0. The average Bonchev–Trinajstić information content (AvgIpc) is 3.17. The van der Waals surface area contributed by atoms with Gasteiger partial charge in [-0.3, -0.25) is 9.59 Å². The fourth-order valence-electron chi connectivity index (χ4n) is 6.84. The summed E-state index contributed by atoms with van der Waals surface area (Å²) in [7, 11) is 0. The second kappa shape index (κ2) is 45.8. The van der Waals surface area contributed by atoms with Crippen molar-refractivity contribution in [3.63, 3.8) is 0 Å². The Morgan fingerprint density at radius 3 is 1.19 bits per heavy atom. The third kappa shape index (κ3) is 43.1. The Morgan fingerprint density at radius 1 is 0.389 bits per heavy atom. The smallest absolute Gasteiger partial charge is 0.306 e. The standard InChI is InChI=1S/C49H92O5/c1-4-7-10-13-16-19-21-22-23-24-25-26-27-29-32-35-38-41-44-52-45-47(54-49(51)43-40-37-34-30-18-15-12-9-6-3)46-53-48(50)42-39-36-33-31-28-20-17-14-11-8-5-2/h14,17,22-23,47H,4-13,15-16,18-21,24-46H2,1-3H3/b17-14-,23-22-.